The van der Waals surface area contributed by atoms with Crippen molar-refractivity contribution >= 4 is 22.8 Å². The molecule has 0 aliphatic carbocycles. The van der Waals surface area contributed by atoms with Crippen LogP contribution in [0.3, 0.4) is 0 Å². The second-order valence-corrected chi connectivity index (χ2v) is 5.39. The van der Waals surface area contributed by atoms with Crippen LogP contribution >= 0.6 is 0 Å². The fraction of sp³-hybridized carbons (Fsp3) is 0.250. The molecule has 0 spiro atoms. The van der Waals surface area contributed by atoms with E-state index in [1.807, 2.05) is 24.3 Å². The highest BCUT2D eigenvalue weighted by atomic mass is 19.1. The van der Waals surface area contributed by atoms with Crippen LogP contribution in [-0.4, -0.2) is 41.1 Å². The average Bonchev–Trinajstić information content (AvgIpc) is 3.00. The maximum Gasteiger partial charge on any atom is 0.203 e. The van der Waals surface area contributed by atoms with Crippen molar-refractivity contribution in [1.82, 2.24) is 15.0 Å². The summed E-state index contributed by atoms with van der Waals surface area (Å²) in [6.45, 7) is 3.41. The molecule has 1 fully saturated rings. The van der Waals surface area contributed by atoms with E-state index in [9.17, 15) is 4.39 Å². The summed E-state index contributed by atoms with van der Waals surface area (Å²) in [4.78, 5) is 16.5. The molecule has 1 aliphatic heterocycles. The van der Waals surface area contributed by atoms with Gasteiger partial charge in [-0.15, -0.1) is 0 Å². The number of benzene rings is 1. The zero-order valence-corrected chi connectivity index (χ0v) is 12.0. The molecule has 4 rings (SSSR count). The third-order valence-corrected chi connectivity index (χ3v) is 3.99. The number of para-hydroxylation sites is 2. The first-order valence-electron chi connectivity index (χ1n) is 7.36. The third kappa shape index (κ3) is 2.36. The van der Waals surface area contributed by atoms with E-state index >= 15 is 0 Å². The molecule has 1 aromatic carbocycles. The predicted octanol–water partition coefficient (Wildman–Crippen LogP) is 2.42. The smallest absolute Gasteiger partial charge is 0.203 e. The molecule has 1 saturated heterocycles. The fourth-order valence-electron chi connectivity index (χ4n) is 2.79. The van der Waals surface area contributed by atoms with Crippen molar-refractivity contribution in [2.24, 2.45) is 0 Å². The number of halogens is 1. The summed E-state index contributed by atoms with van der Waals surface area (Å²) < 4.78 is 12.9. The molecule has 6 heteroatoms. The lowest BCUT2D eigenvalue weighted by Crippen LogP contribution is -2.47. The first-order valence-corrected chi connectivity index (χ1v) is 7.36. The Labute approximate surface area is 127 Å². The van der Waals surface area contributed by atoms with E-state index in [-0.39, 0.29) is 5.82 Å². The predicted molar refractivity (Wildman–Crippen MR) is 84.7 cm³/mol. The van der Waals surface area contributed by atoms with Crippen LogP contribution in [0.5, 0.6) is 0 Å². The number of pyridine rings is 1. The molecule has 22 heavy (non-hydrogen) atoms. The Kier molecular flexibility index (Phi) is 3.14. The second-order valence-electron chi connectivity index (χ2n) is 5.39. The number of H-pyrrole nitrogens is 1. The Bertz CT molecular complexity index is 742. The molecule has 0 bridgehead atoms. The monoisotopic (exact) mass is 297 g/mol. The van der Waals surface area contributed by atoms with Gasteiger partial charge in [0, 0.05) is 26.2 Å². The number of piperazine rings is 1. The summed E-state index contributed by atoms with van der Waals surface area (Å²) >= 11 is 0. The summed E-state index contributed by atoms with van der Waals surface area (Å²) in [6, 6.07) is 11.2. The molecule has 0 unspecified atom stereocenters. The van der Waals surface area contributed by atoms with Crippen molar-refractivity contribution in [2.75, 3.05) is 36.0 Å². The minimum atomic E-state index is -0.301. The number of anilines is 2. The largest absolute Gasteiger partial charge is 0.353 e. The Morgan fingerprint density at radius 2 is 1.73 bits per heavy atom. The summed E-state index contributed by atoms with van der Waals surface area (Å²) in [6.07, 6.45) is 1.26. The lowest BCUT2D eigenvalue weighted by Gasteiger charge is -2.35. The average molecular weight is 297 g/mol. The van der Waals surface area contributed by atoms with Crippen LogP contribution in [0.15, 0.2) is 42.6 Å². The van der Waals surface area contributed by atoms with Gasteiger partial charge in [0.1, 0.15) is 11.6 Å². The van der Waals surface area contributed by atoms with Gasteiger partial charge in [0.05, 0.1) is 17.2 Å². The van der Waals surface area contributed by atoms with Crippen LogP contribution in [0.1, 0.15) is 0 Å². The van der Waals surface area contributed by atoms with Gasteiger partial charge in [0.2, 0.25) is 5.95 Å². The van der Waals surface area contributed by atoms with E-state index in [2.05, 4.69) is 24.8 Å². The SMILES string of the molecule is Fc1ccc(N2CCN(c3nc4ccccc4[nH]3)CC2)nc1. The lowest BCUT2D eigenvalue weighted by molar-refractivity contribution is 0.613. The molecule has 2 aromatic heterocycles. The number of nitrogens with zero attached hydrogens (tertiary/aromatic N) is 4. The first kappa shape index (κ1) is 13.1. The highest BCUT2D eigenvalue weighted by molar-refractivity contribution is 5.77. The Morgan fingerprint density at radius 1 is 0.955 bits per heavy atom. The number of aromatic amines is 1. The van der Waals surface area contributed by atoms with Gasteiger partial charge in [-0.25, -0.2) is 14.4 Å². The van der Waals surface area contributed by atoms with E-state index in [4.69, 9.17) is 0 Å². The molecule has 3 heterocycles. The molecule has 5 nitrogen and oxygen atoms in total. The normalized spacial score (nSPS) is 15.5. The van der Waals surface area contributed by atoms with Crippen molar-refractivity contribution in [1.29, 1.82) is 0 Å². The summed E-state index contributed by atoms with van der Waals surface area (Å²) in [5.41, 5.74) is 2.04. The summed E-state index contributed by atoms with van der Waals surface area (Å²) in [7, 11) is 0. The van der Waals surface area contributed by atoms with Crippen molar-refractivity contribution in [3.63, 3.8) is 0 Å². The highest BCUT2D eigenvalue weighted by Gasteiger charge is 2.20. The van der Waals surface area contributed by atoms with Gasteiger partial charge in [-0.3, -0.25) is 0 Å². The van der Waals surface area contributed by atoms with Crippen LogP contribution in [0.25, 0.3) is 11.0 Å². The number of imidazole rings is 1. The quantitative estimate of drug-likeness (QED) is 0.789. The van der Waals surface area contributed by atoms with E-state index in [1.165, 1.54) is 12.3 Å². The molecule has 0 atom stereocenters. The highest BCUT2D eigenvalue weighted by Crippen LogP contribution is 2.20. The lowest BCUT2D eigenvalue weighted by atomic mass is 10.3. The van der Waals surface area contributed by atoms with Crippen molar-refractivity contribution in [2.45, 2.75) is 0 Å². The maximum atomic E-state index is 12.9. The minimum Gasteiger partial charge on any atom is -0.353 e. The third-order valence-electron chi connectivity index (χ3n) is 3.99. The molecule has 0 saturated carbocycles. The van der Waals surface area contributed by atoms with Crippen LogP contribution in [0, 0.1) is 5.82 Å². The second kappa shape index (κ2) is 5.29. The molecule has 1 N–H and O–H groups in total. The first-order chi connectivity index (χ1) is 10.8. The van der Waals surface area contributed by atoms with Gasteiger partial charge < -0.3 is 14.8 Å². The molecule has 0 amide bonds. The number of fused-ring (bicyclic) bond motifs is 1. The van der Waals surface area contributed by atoms with E-state index in [0.29, 0.717) is 0 Å². The molecular formula is C16H16FN5. The van der Waals surface area contributed by atoms with Crippen LogP contribution < -0.4 is 9.80 Å². The molecule has 112 valence electrons. The molecular weight excluding hydrogens is 281 g/mol. The minimum absolute atomic E-state index is 0.301. The Morgan fingerprint density at radius 3 is 2.45 bits per heavy atom. The standard InChI is InChI=1S/C16H16FN5/c17-12-5-6-15(18-11-12)21-7-9-22(10-8-21)16-19-13-3-1-2-4-14(13)20-16/h1-6,11H,7-10H2,(H,19,20). The van der Waals surface area contributed by atoms with Gasteiger partial charge >= 0.3 is 0 Å². The van der Waals surface area contributed by atoms with Crippen molar-refractivity contribution in [3.8, 4) is 0 Å². The molecule has 3 aromatic rings. The topological polar surface area (TPSA) is 48.0 Å². The van der Waals surface area contributed by atoms with Crippen molar-refractivity contribution < 1.29 is 4.39 Å². The summed E-state index contributed by atoms with van der Waals surface area (Å²) in [5, 5.41) is 0. The summed E-state index contributed by atoms with van der Waals surface area (Å²) in [5.74, 6) is 1.43. The molecule has 0 radical (unpaired) electrons. The fourth-order valence-corrected chi connectivity index (χ4v) is 2.79. The van der Waals surface area contributed by atoms with Crippen LogP contribution in [0.2, 0.25) is 0 Å². The van der Waals surface area contributed by atoms with Gasteiger partial charge in [0.15, 0.2) is 0 Å². The van der Waals surface area contributed by atoms with Gasteiger partial charge in [-0.05, 0) is 24.3 Å². The number of aromatic nitrogens is 3. The van der Waals surface area contributed by atoms with Gasteiger partial charge in [-0.2, -0.15) is 0 Å². The van der Waals surface area contributed by atoms with Gasteiger partial charge in [-0.1, -0.05) is 12.1 Å². The van der Waals surface area contributed by atoms with Crippen LogP contribution in [-0.2, 0) is 0 Å². The van der Waals surface area contributed by atoms with E-state index in [0.717, 1.165) is 49.0 Å². The van der Waals surface area contributed by atoms with Crippen molar-refractivity contribution in [3.05, 3.63) is 48.4 Å². The zero-order chi connectivity index (χ0) is 14.9. The van der Waals surface area contributed by atoms with Crippen LogP contribution in [0.4, 0.5) is 16.2 Å². The number of rotatable bonds is 2. The molecule has 1 aliphatic rings. The number of hydrogen-bond acceptors (Lipinski definition) is 4. The van der Waals surface area contributed by atoms with E-state index in [1.54, 1.807) is 6.07 Å². The number of hydrogen-bond donors (Lipinski definition) is 1. The number of nitrogens with one attached hydrogen (secondary N) is 1. The zero-order valence-electron chi connectivity index (χ0n) is 12.0. The maximum absolute atomic E-state index is 12.9. The Balaban J connectivity index is 1.48. The van der Waals surface area contributed by atoms with E-state index < -0.39 is 0 Å². The Hall–Kier alpha value is -2.63. The van der Waals surface area contributed by atoms with Gasteiger partial charge in [0.25, 0.3) is 0 Å².